The molecule has 2 aromatic rings. The number of carboxylic acid groups (broad SMARTS) is 1. The van der Waals surface area contributed by atoms with Crippen LogP contribution in [0.5, 0.6) is 5.75 Å². The molecule has 3 rings (SSSR count). The molecule has 12 nitrogen and oxygen atoms in total. The van der Waals surface area contributed by atoms with Crippen LogP contribution in [0.15, 0.2) is 35.9 Å². The maximum atomic E-state index is 12.3. The summed E-state index contributed by atoms with van der Waals surface area (Å²) in [5.74, 6) is -1.88. The highest BCUT2D eigenvalue weighted by atomic mass is 16.4. The van der Waals surface area contributed by atoms with Gasteiger partial charge in [0, 0.05) is 49.8 Å². The maximum Gasteiger partial charge on any atom is 0.326 e. The summed E-state index contributed by atoms with van der Waals surface area (Å²) in [7, 11) is 0. The summed E-state index contributed by atoms with van der Waals surface area (Å²) >= 11 is 0. The van der Waals surface area contributed by atoms with Crippen LogP contribution in [-0.2, 0) is 20.8 Å². The van der Waals surface area contributed by atoms with Crippen LogP contribution < -0.4 is 22.1 Å². The predicted molar refractivity (Wildman–Crippen MR) is 130 cm³/mol. The van der Waals surface area contributed by atoms with Gasteiger partial charge in [-0.2, -0.15) is 0 Å². The Labute approximate surface area is 201 Å². The Hall–Kier alpha value is -4.06. The predicted octanol–water partition coefficient (Wildman–Crippen LogP) is -0.265. The number of nitrogens with two attached hydrogens (primary N) is 2. The highest BCUT2D eigenvalue weighted by Crippen LogP contribution is 2.21. The lowest BCUT2D eigenvalue weighted by molar-refractivity contribution is -0.141. The summed E-state index contributed by atoms with van der Waals surface area (Å²) in [5, 5.41) is 32.5. The first-order chi connectivity index (χ1) is 16.6. The molecular formula is C23H31N7O5. The Morgan fingerprint density at radius 3 is 2.69 bits per heavy atom. The zero-order valence-electron chi connectivity index (χ0n) is 19.2. The Balaban J connectivity index is 1.39. The number of carbonyl (C=O) groups is 3. The van der Waals surface area contributed by atoms with Crippen molar-refractivity contribution in [1.29, 1.82) is 5.41 Å². The molecule has 1 aromatic carbocycles. The summed E-state index contributed by atoms with van der Waals surface area (Å²) in [4.78, 5) is 40.8. The van der Waals surface area contributed by atoms with Gasteiger partial charge >= 0.3 is 5.97 Å². The number of guanidine groups is 1. The molecule has 0 bridgehead atoms. The normalized spacial score (nSPS) is 14.9. The van der Waals surface area contributed by atoms with Crippen LogP contribution >= 0.6 is 0 Å². The molecule has 0 aliphatic carbocycles. The fourth-order valence-electron chi connectivity index (χ4n) is 3.88. The SMILES string of the molecule is N=C(N)N1CC=C(CC(N)C(=O)NCCCC(=O)NC(Cc2cc3ccc(O)cc3[nH]2)C(=O)O)C1. The van der Waals surface area contributed by atoms with Crippen LogP contribution in [0.3, 0.4) is 0 Å². The first-order valence-corrected chi connectivity index (χ1v) is 11.3. The number of fused-ring (bicyclic) bond motifs is 1. The van der Waals surface area contributed by atoms with Gasteiger partial charge in [0.1, 0.15) is 11.8 Å². The molecule has 12 heteroatoms. The van der Waals surface area contributed by atoms with Crippen molar-refractivity contribution >= 4 is 34.6 Å². The average Bonchev–Trinajstić information content (AvgIpc) is 3.42. The first-order valence-electron chi connectivity index (χ1n) is 11.3. The Morgan fingerprint density at radius 2 is 2.00 bits per heavy atom. The van der Waals surface area contributed by atoms with Gasteiger partial charge in [-0.25, -0.2) is 4.79 Å². The van der Waals surface area contributed by atoms with E-state index in [1.54, 1.807) is 23.1 Å². The Bertz CT molecular complexity index is 1140. The Kier molecular flexibility index (Phi) is 8.31. The minimum absolute atomic E-state index is 0.0284. The number of aromatic hydroxyl groups is 1. The fourth-order valence-corrected chi connectivity index (χ4v) is 3.88. The molecule has 1 aliphatic heterocycles. The van der Waals surface area contributed by atoms with Gasteiger partial charge in [0.15, 0.2) is 5.96 Å². The number of hydrogen-bond donors (Lipinski definition) is 8. The van der Waals surface area contributed by atoms with E-state index in [0.717, 1.165) is 11.0 Å². The van der Waals surface area contributed by atoms with Gasteiger partial charge in [0.25, 0.3) is 0 Å². The number of rotatable bonds is 11. The summed E-state index contributed by atoms with van der Waals surface area (Å²) < 4.78 is 0. The van der Waals surface area contributed by atoms with Crippen molar-refractivity contribution in [3.63, 3.8) is 0 Å². The van der Waals surface area contributed by atoms with Crippen molar-refractivity contribution in [3.05, 3.63) is 41.6 Å². The molecule has 0 saturated carbocycles. The van der Waals surface area contributed by atoms with Crippen molar-refractivity contribution in [3.8, 4) is 5.75 Å². The molecule has 0 radical (unpaired) electrons. The summed E-state index contributed by atoms with van der Waals surface area (Å²) in [6.07, 6.45) is 2.67. The first kappa shape index (κ1) is 25.6. The molecule has 1 aromatic heterocycles. The van der Waals surface area contributed by atoms with E-state index in [-0.39, 0.29) is 37.0 Å². The Morgan fingerprint density at radius 1 is 1.23 bits per heavy atom. The topological polar surface area (TPSA) is 211 Å². The number of carbonyl (C=O) groups excluding carboxylic acids is 2. The summed E-state index contributed by atoms with van der Waals surface area (Å²) in [5.41, 5.74) is 13.6. The van der Waals surface area contributed by atoms with Crippen LogP contribution in [-0.4, -0.2) is 75.6 Å². The van der Waals surface area contributed by atoms with Gasteiger partial charge in [-0.05, 0) is 36.4 Å². The second-order valence-electron chi connectivity index (χ2n) is 8.56. The van der Waals surface area contributed by atoms with E-state index in [4.69, 9.17) is 16.9 Å². The number of H-pyrrole nitrogens is 1. The highest BCUT2D eigenvalue weighted by Gasteiger charge is 2.22. The number of phenols is 1. The van der Waals surface area contributed by atoms with Crippen LogP contribution in [0, 0.1) is 5.41 Å². The van der Waals surface area contributed by atoms with Gasteiger partial charge < -0.3 is 42.2 Å². The van der Waals surface area contributed by atoms with E-state index in [1.807, 2.05) is 6.08 Å². The van der Waals surface area contributed by atoms with E-state index in [2.05, 4.69) is 15.6 Å². The molecule has 0 fully saturated rings. The lowest BCUT2D eigenvalue weighted by Gasteiger charge is -2.17. The third kappa shape index (κ3) is 7.21. The lowest BCUT2D eigenvalue weighted by Crippen LogP contribution is -2.43. The maximum absolute atomic E-state index is 12.3. The standard InChI is InChI=1S/C23H31N7O5/c24-17(8-13-5-7-30(12-13)23(25)26)21(33)27-6-1-2-20(32)29-19(22(34)35)10-15-9-14-3-4-16(31)11-18(14)28-15/h3-5,9,11,17,19,28,31H,1-2,6-8,10,12,24H2,(H3,25,26)(H,27,33)(H,29,32)(H,34,35). The molecule has 35 heavy (non-hydrogen) atoms. The average molecular weight is 486 g/mol. The second kappa shape index (κ2) is 11.4. The zero-order chi connectivity index (χ0) is 25.5. The fraction of sp³-hybridized carbons (Fsp3) is 0.391. The van der Waals surface area contributed by atoms with E-state index < -0.39 is 24.0 Å². The van der Waals surface area contributed by atoms with Crippen molar-refractivity contribution in [2.24, 2.45) is 11.5 Å². The number of aliphatic carboxylic acids is 1. The van der Waals surface area contributed by atoms with Crippen LogP contribution in [0.2, 0.25) is 0 Å². The third-order valence-corrected chi connectivity index (χ3v) is 5.75. The van der Waals surface area contributed by atoms with E-state index in [0.29, 0.717) is 37.1 Å². The van der Waals surface area contributed by atoms with Gasteiger partial charge in [0.05, 0.1) is 6.04 Å². The minimum Gasteiger partial charge on any atom is -0.508 e. The van der Waals surface area contributed by atoms with E-state index in [9.17, 15) is 24.6 Å². The monoisotopic (exact) mass is 485 g/mol. The molecule has 188 valence electrons. The summed E-state index contributed by atoms with van der Waals surface area (Å²) in [6, 6.07) is 4.69. The van der Waals surface area contributed by atoms with Crippen LogP contribution in [0.25, 0.3) is 10.9 Å². The van der Waals surface area contributed by atoms with Gasteiger partial charge in [-0.1, -0.05) is 11.6 Å². The van der Waals surface area contributed by atoms with Gasteiger partial charge in [-0.3, -0.25) is 15.0 Å². The zero-order valence-corrected chi connectivity index (χ0v) is 19.2. The van der Waals surface area contributed by atoms with E-state index in [1.165, 1.54) is 6.07 Å². The molecule has 2 atom stereocenters. The van der Waals surface area contributed by atoms with Crippen molar-refractivity contribution < 1.29 is 24.6 Å². The van der Waals surface area contributed by atoms with E-state index >= 15 is 0 Å². The number of phenolic OH excluding ortho intramolecular Hbond substituents is 1. The van der Waals surface area contributed by atoms with Crippen molar-refractivity contribution in [2.45, 2.75) is 37.8 Å². The number of amides is 2. The number of benzene rings is 1. The lowest BCUT2D eigenvalue weighted by atomic mass is 10.1. The summed E-state index contributed by atoms with van der Waals surface area (Å²) in [6.45, 7) is 1.22. The molecule has 2 heterocycles. The molecule has 2 amide bonds. The molecule has 10 N–H and O–H groups in total. The minimum atomic E-state index is -1.16. The number of nitrogens with one attached hydrogen (secondary N) is 4. The molecule has 1 aliphatic rings. The number of aromatic amines is 1. The number of carboxylic acids is 1. The largest absolute Gasteiger partial charge is 0.508 e. The smallest absolute Gasteiger partial charge is 0.326 e. The van der Waals surface area contributed by atoms with Gasteiger partial charge in [-0.15, -0.1) is 0 Å². The number of aromatic nitrogens is 1. The van der Waals surface area contributed by atoms with Crippen molar-refractivity contribution in [1.82, 2.24) is 20.5 Å². The highest BCUT2D eigenvalue weighted by molar-refractivity contribution is 5.85. The van der Waals surface area contributed by atoms with Crippen molar-refractivity contribution in [2.75, 3.05) is 19.6 Å². The van der Waals surface area contributed by atoms with Crippen LogP contribution in [0.1, 0.15) is 25.0 Å². The number of hydrogen-bond acceptors (Lipinski definition) is 6. The molecule has 2 unspecified atom stereocenters. The van der Waals surface area contributed by atoms with Crippen LogP contribution in [0.4, 0.5) is 0 Å². The second-order valence-corrected chi connectivity index (χ2v) is 8.56. The number of nitrogens with zero attached hydrogens (tertiary/aromatic N) is 1. The third-order valence-electron chi connectivity index (χ3n) is 5.75. The quantitative estimate of drug-likeness (QED) is 0.0916. The molecule has 0 saturated heterocycles. The molecular weight excluding hydrogens is 454 g/mol. The molecule has 0 spiro atoms. The van der Waals surface area contributed by atoms with Gasteiger partial charge in [0.2, 0.25) is 11.8 Å².